The van der Waals surface area contributed by atoms with Gasteiger partial charge in [0.05, 0.1) is 38.6 Å². The molecular formula is C22H13N3O4. The van der Waals surface area contributed by atoms with E-state index in [-0.39, 0.29) is 43.7 Å². The summed E-state index contributed by atoms with van der Waals surface area (Å²) in [5, 5.41) is -0.159. The van der Waals surface area contributed by atoms with E-state index >= 15 is 0 Å². The highest BCUT2D eigenvalue weighted by Crippen LogP contribution is 2.31. The normalized spacial score (nSPS) is 11.6. The molecule has 0 aliphatic rings. The lowest BCUT2D eigenvalue weighted by Gasteiger charge is -2.07. The number of anilines is 2. The molecule has 0 spiro atoms. The molecule has 0 aliphatic heterocycles. The number of nitrogens with zero attached hydrogens (tertiary/aromatic N) is 1. The molecule has 5 rings (SSSR count). The van der Waals surface area contributed by atoms with Gasteiger partial charge in [0.1, 0.15) is 0 Å². The van der Waals surface area contributed by atoms with Gasteiger partial charge in [0.15, 0.2) is 10.9 Å². The van der Waals surface area contributed by atoms with E-state index in [0.29, 0.717) is 5.69 Å². The van der Waals surface area contributed by atoms with E-state index in [2.05, 4.69) is 0 Å². The van der Waals surface area contributed by atoms with Crippen LogP contribution in [0.25, 0.3) is 38.0 Å². The average Bonchev–Trinajstić information content (AvgIpc) is 3.00. The van der Waals surface area contributed by atoms with Crippen LogP contribution in [0, 0.1) is 0 Å². The molecule has 0 unspecified atom stereocenters. The molecule has 1 aromatic heterocycles. The molecule has 0 aliphatic carbocycles. The van der Waals surface area contributed by atoms with E-state index < -0.39 is 22.0 Å². The Morgan fingerprint density at radius 1 is 0.552 bits per heavy atom. The Balaban J connectivity index is 2.14. The minimum Gasteiger partial charge on any atom is -0.397 e. The van der Waals surface area contributed by atoms with Crippen molar-refractivity contribution >= 4 is 43.7 Å². The van der Waals surface area contributed by atoms with Crippen LogP contribution in [0.3, 0.4) is 0 Å². The van der Waals surface area contributed by atoms with Crippen LogP contribution in [0.5, 0.6) is 0 Å². The lowest BCUT2D eigenvalue weighted by Crippen LogP contribution is -2.23. The van der Waals surface area contributed by atoms with Crippen LogP contribution in [0.1, 0.15) is 0 Å². The first-order valence-electron chi connectivity index (χ1n) is 8.80. The largest absolute Gasteiger partial charge is 0.397 e. The number of benzene rings is 4. The molecule has 0 bridgehead atoms. The number of nitrogen functional groups attached to an aromatic ring is 2. The maximum absolute atomic E-state index is 13.1. The lowest BCUT2D eigenvalue weighted by atomic mass is 9.97. The summed E-state index contributed by atoms with van der Waals surface area (Å²) < 4.78 is 0.949. The first kappa shape index (κ1) is 16.9. The Kier molecular flexibility index (Phi) is 3.27. The number of hydrogen-bond acceptors (Lipinski definition) is 6. The third kappa shape index (κ3) is 2.01. The van der Waals surface area contributed by atoms with Gasteiger partial charge in [-0.2, -0.15) is 0 Å². The van der Waals surface area contributed by atoms with E-state index in [1.165, 1.54) is 12.1 Å². The fourth-order valence-corrected chi connectivity index (χ4v) is 3.98. The number of fused-ring (bicyclic) bond motifs is 3. The van der Waals surface area contributed by atoms with E-state index in [0.717, 1.165) is 4.57 Å². The van der Waals surface area contributed by atoms with Crippen molar-refractivity contribution in [1.82, 2.24) is 4.57 Å². The highest BCUT2D eigenvalue weighted by atomic mass is 16.2. The SMILES string of the molecule is Nc1c2c(=O)c3ccccc3c(=O)c2c(N)c2c(=O)n(-c3ccccc3)c(=O)c12. The Morgan fingerprint density at radius 3 is 1.41 bits per heavy atom. The Bertz CT molecular complexity index is 1590. The van der Waals surface area contributed by atoms with Crippen LogP contribution in [0.15, 0.2) is 73.8 Å². The molecule has 0 radical (unpaired) electrons. The highest BCUT2D eigenvalue weighted by Gasteiger charge is 2.25. The van der Waals surface area contributed by atoms with E-state index in [9.17, 15) is 19.2 Å². The first-order chi connectivity index (χ1) is 13.9. The second-order valence-corrected chi connectivity index (χ2v) is 6.81. The summed E-state index contributed by atoms with van der Waals surface area (Å²) >= 11 is 0. The van der Waals surface area contributed by atoms with Gasteiger partial charge in [0.25, 0.3) is 11.1 Å². The molecule has 4 N–H and O–H groups in total. The highest BCUT2D eigenvalue weighted by molar-refractivity contribution is 6.20. The van der Waals surface area contributed by atoms with Crippen LogP contribution in [0.4, 0.5) is 11.4 Å². The quantitative estimate of drug-likeness (QED) is 0.256. The molecule has 140 valence electrons. The minimum absolute atomic E-state index is 0.124. The molecular weight excluding hydrogens is 370 g/mol. The summed E-state index contributed by atoms with van der Waals surface area (Å²) in [6.07, 6.45) is 0. The van der Waals surface area contributed by atoms with E-state index in [1.807, 2.05) is 0 Å². The third-order valence-corrected chi connectivity index (χ3v) is 5.30. The monoisotopic (exact) mass is 383 g/mol. The van der Waals surface area contributed by atoms with Crippen molar-refractivity contribution in [3.63, 3.8) is 0 Å². The maximum Gasteiger partial charge on any atom is 0.268 e. The number of para-hydroxylation sites is 1. The van der Waals surface area contributed by atoms with Crippen molar-refractivity contribution in [3.05, 3.63) is 95.8 Å². The Morgan fingerprint density at radius 2 is 0.966 bits per heavy atom. The average molecular weight is 383 g/mol. The molecule has 0 amide bonds. The van der Waals surface area contributed by atoms with Gasteiger partial charge in [-0.25, -0.2) is 4.57 Å². The zero-order valence-corrected chi connectivity index (χ0v) is 14.9. The van der Waals surface area contributed by atoms with Crippen LogP contribution in [-0.4, -0.2) is 4.57 Å². The summed E-state index contributed by atoms with van der Waals surface area (Å²) in [7, 11) is 0. The molecule has 4 aromatic carbocycles. The molecule has 1 heterocycles. The van der Waals surface area contributed by atoms with Crippen LogP contribution in [-0.2, 0) is 0 Å². The topological polar surface area (TPSA) is 125 Å². The predicted molar refractivity (Wildman–Crippen MR) is 115 cm³/mol. The van der Waals surface area contributed by atoms with Gasteiger partial charge in [-0.3, -0.25) is 19.2 Å². The second kappa shape index (κ2) is 5.62. The van der Waals surface area contributed by atoms with Crippen LogP contribution >= 0.6 is 0 Å². The molecule has 0 saturated carbocycles. The fourth-order valence-electron chi connectivity index (χ4n) is 3.98. The number of rotatable bonds is 1. The van der Waals surface area contributed by atoms with Gasteiger partial charge >= 0.3 is 0 Å². The summed E-state index contributed by atoms with van der Waals surface area (Å²) in [5.41, 5.74) is 9.99. The molecule has 0 atom stereocenters. The molecule has 7 nitrogen and oxygen atoms in total. The van der Waals surface area contributed by atoms with Gasteiger partial charge in [-0.05, 0) is 12.1 Å². The number of nitrogens with two attached hydrogens (primary N) is 2. The fraction of sp³-hybridized carbons (Fsp3) is 0. The maximum atomic E-state index is 13.1. The predicted octanol–water partition coefficient (Wildman–Crippen LogP) is 1.42. The van der Waals surface area contributed by atoms with Crippen molar-refractivity contribution in [2.24, 2.45) is 0 Å². The summed E-state index contributed by atoms with van der Waals surface area (Å²) in [4.78, 5) is 52.3. The van der Waals surface area contributed by atoms with Crippen molar-refractivity contribution in [3.8, 4) is 5.69 Å². The van der Waals surface area contributed by atoms with E-state index in [4.69, 9.17) is 11.5 Å². The van der Waals surface area contributed by atoms with Gasteiger partial charge in [-0.15, -0.1) is 0 Å². The van der Waals surface area contributed by atoms with Gasteiger partial charge in [-0.1, -0.05) is 42.5 Å². The zero-order valence-electron chi connectivity index (χ0n) is 14.9. The van der Waals surface area contributed by atoms with Crippen LogP contribution < -0.4 is 33.4 Å². The van der Waals surface area contributed by atoms with Gasteiger partial charge in [0.2, 0.25) is 0 Å². The van der Waals surface area contributed by atoms with Crippen molar-refractivity contribution < 1.29 is 0 Å². The minimum atomic E-state index is -0.678. The molecule has 7 heteroatoms. The van der Waals surface area contributed by atoms with Crippen molar-refractivity contribution in [2.75, 3.05) is 11.5 Å². The van der Waals surface area contributed by atoms with Gasteiger partial charge < -0.3 is 11.5 Å². The lowest BCUT2D eigenvalue weighted by molar-refractivity contribution is 0.991. The summed E-state index contributed by atoms with van der Waals surface area (Å²) in [6, 6.07) is 14.6. The van der Waals surface area contributed by atoms with Crippen molar-refractivity contribution in [1.29, 1.82) is 0 Å². The number of aromatic nitrogens is 1. The van der Waals surface area contributed by atoms with Gasteiger partial charge in [0, 0.05) is 10.8 Å². The smallest absolute Gasteiger partial charge is 0.268 e. The standard InChI is InChI=1S/C22H13N3O4/c23-17-13-14(20(27)12-9-5-4-8-11(12)19(13)26)18(24)16-15(17)21(28)25(22(16)29)10-6-2-1-3-7-10/h1-9H,23-24H2. The van der Waals surface area contributed by atoms with E-state index in [1.54, 1.807) is 42.5 Å². The summed E-state index contributed by atoms with van der Waals surface area (Å²) in [6.45, 7) is 0. The molecule has 5 aromatic rings. The molecule has 0 saturated heterocycles. The second-order valence-electron chi connectivity index (χ2n) is 6.81. The number of hydrogen-bond donors (Lipinski definition) is 2. The first-order valence-corrected chi connectivity index (χ1v) is 8.80. The Hall–Kier alpha value is -4.26. The van der Waals surface area contributed by atoms with Crippen LogP contribution in [0.2, 0.25) is 0 Å². The zero-order chi connectivity index (χ0) is 20.4. The molecule has 0 fully saturated rings. The third-order valence-electron chi connectivity index (χ3n) is 5.30. The molecule has 29 heavy (non-hydrogen) atoms. The Labute approximate surface area is 161 Å². The summed E-state index contributed by atoms with van der Waals surface area (Å²) in [5.74, 6) is 0. The van der Waals surface area contributed by atoms with Crippen molar-refractivity contribution in [2.45, 2.75) is 0 Å².